The summed E-state index contributed by atoms with van der Waals surface area (Å²) in [6.45, 7) is 3.84. The number of thiazole rings is 1. The minimum absolute atomic E-state index is 0.227. The molecular weight excluding hydrogens is 316 g/mol. The summed E-state index contributed by atoms with van der Waals surface area (Å²) in [7, 11) is 0. The van der Waals surface area contributed by atoms with Crippen molar-refractivity contribution < 1.29 is 14.0 Å². The third kappa shape index (κ3) is 3.54. The molecule has 0 radical (unpaired) electrons. The highest BCUT2D eigenvalue weighted by Gasteiger charge is 2.15. The highest BCUT2D eigenvalue weighted by atomic mass is 32.1. The van der Waals surface area contributed by atoms with Gasteiger partial charge < -0.3 is 15.1 Å². The zero-order chi connectivity index (χ0) is 16.4. The van der Waals surface area contributed by atoms with Crippen molar-refractivity contribution in [3.8, 4) is 0 Å². The van der Waals surface area contributed by atoms with Crippen molar-refractivity contribution in [1.29, 1.82) is 0 Å². The number of carbonyl (C=O) groups excluding carboxylic acids is 2. The molecule has 0 saturated carbocycles. The summed E-state index contributed by atoms with van der Waals surface area (Å²) in [5.41, 5.74) is 2.61. The Bertz CT molecular complexity index is 884. The van der Waals surface area contributed by atoms with E-state index in [1.54, 1.807) is 25.1 Å². The number of fused-ring (bicyclic) bond motifs is 1. The lowest BCUT2D eigenvalue weighted by atomic mass is 10.3. The summed E-state index contributed by atoms with van der Waals surface area (Å²) < 4.78 is 5.39. The van der Waals surface area contributed by atoms with Gasteiger partial charge in [0.25, 0.3) is 0 Å². The monoisotopic (exact) mass is 330 g/mol. The van der Waals surface area contributed by atoms with Gasteiger partial charge in [0.05, 0.1) is 6.54 Å². The Morgan fingerprint density at radius 2 is 2.04 bits per heavy atom. The van der Waals surface area contributed by atoms with Crippen LogP contribution in [-0.4, -0.2) is 21.8 Å². The van der Waals surface area contributed by atoms with Crippen LogP contribution in [0.3, 0.4) is 0 Å². The molecule has 0 saturated heterocycles. The maximum absolute atomic E-state index is 11.9. The van der Waals surface area contributed by atoms with Crippen LogP contribution < -0.4 is 10.6 Å². The van der Waals surface area contributed by atoms with E-state index in [1.165, 1.54) is 11.3 Å². The zero-order valence-corrected chi connectivity index (χ0v) is 13.4. The molecule has 0 aliphatic heterocycles. The number of nitrogens with one attached hydrogen (secondary N) is 2. The average Bonchev–Trinajstić information content (AvgIpc) is 3.08. The predicted octanol–water partition coefficient (Wildman–Crippen LogP) is 2.16. The minimum Gasteiger partial charge on any atom is -0.441 e. The van der Waals surface area contributed by atoms with Crippen LogP contribution in [0.5, 0.6) is 0 Å². The summed E-state index contributed by atoms with van der Waals surface area (Å²) in [5, 5.41) is 7.70. The van der Waals surface area contributed by atoms with Gasteiger partial charge in [0.15, 0.2) is 11.5 Å². The van der Waals surface area contributed by atoms with Gasteiger partial charge in [0.1, 0.15) is 10.5 Å². The standard InChI is InChI=1S/C15H14N4O3S/c1-8-7-23-13(17-8)6-16-14(20)15(21)19-10-3-4-11-12(5-10)22-9(2)18-11/h3-5,7H,6H2,1-2H3,(H,16,20)(H,19,21). The van der Waals surface area contributed by atoms with Crippen molar-refractivity contribution in [2.24, 2.45) is 0 Å². The van der Waals surface area contributed by atoms with Gasteiger partial charge in [-0.15, -0.1) is 11.3 Å². The van der Waals surface area contributed by atoms with Crippen molar-refractivity contribution in [3.05, 3.63) is 40.2 Å². The highest BCUT2D eigenvalue weighted by Crippen LogP contribution is 2.19. The predicted molar refractivity (Wildman–Crippen MR) is 86.1 cm³/mol. The van der Waals surface area contributed by atoms with Gasteiger partial charge >= 0.3 is 11.8 Å². The molecule has 23 heavy (non-hydrogen) atoms. The summed E-state index contributed by atoms with van der Waals surface area (Å²) >= 11 is 1.43. The third-order valence-corrected chi connectivity index (χ3v) is 3.99. The van der Waals surface area contributed by atoms with Gasteiger partial charge in [0, 0.05) is 29.8 Å². The number of aryl methyl sites for hydroxylation is 2. The first-order valence-electron chi connectivity index (χ1n) is 6.88. The number of amides is 2. The normalized spacial score (nSPS) is 10.7. The van der Waals surface area contributed by atoms with Gasteiger partial charge in [-0.3, -0.25) is 9.59 Å². The van der Waals surface area contributed by atoms with Crippen LogP contribution in [0, 0.1) is 13.8 Å². The molecule has 2 amide bonds. The lowest BCUT2D eigenvalue weighted by molar-refractivity contribution is -0.136. The van der Waals surface area contributed by atoms with E-state index in [2.05, 4.69) is 20.6 Å². The SMILES string of the molecule is Cc1csc(CNC(=O)C(=O)Nc2ccc3nc(C)oc3c2)n1. The fourth-order valence-corrected chi connectivity index (χ4v) is 2.74. The molecule has 3 aromatic rings. The Hall–Kier alpha value is -2.74. The number of carbonyl (C=O) groups is 2. The molecule has 118 valence electrons. The van der Waals surface area contributed by atoms with E-state index in [-0.39, 0.29) is 6.54 Å². The quantitative estimate of drug-likeness (QED) is 0.717. The van der Waals surface area contributed by atoms with Gasteiger partial charge in [-0.1, -0.05) is 0 Å². The van der Waals surface area contributed by atoms with E-state index >= 15 is 0 Å². The fraction of sp³-hybridized carbons (Fsp3) is 0.200. The molecule has 0 fully saturated rings. The maximum atomic E-state index is 11.9. The summed E-state index contributed by atoms with van der Waals surface area (Å²) in [4.78, 5) is 32.1. The number of hydrogen-bond acceptors (Lipinski definition) is 6. The number of hydrogen-bond donors (Lipinski definition) is 2. The van der Waals surface area contributed by atoms with E-state index in [4.69, 9.17) is 4.42 Å². The number of oxazole rings is 1. The van der Waals surface area contributed by atoms with Gasteiger partial charge in [-0.25, -0.2) is 9.97 Å². The lowest BCUT2D eigenvalue weighted by Crippen LogP contribution is -2.34. The second kappa shape index (κ2) is 6.17. The molecule has 2 heterocycles. The molecule has 2 aromatic heterocycles. The van der Waals surface area contributed by atoms with Crippen molar-refractivity contribution >= 4 is 39.9 Å². The van der Waals surface area contributed by atoms with Crippen LogP contribution in [-0.2, 0) is 16.1 Å². The first kappa shape index (κ1) is 15.2. The van der Waals surface area contributed by atoms with E-state index < -0.39 is 11.8 Å². The van der Waals surface area contributed by atoms with Crippen LogP contribution in [0.2, 0.25) is 0 Å². The Labute approximate surface area is 135 Å². The smallest absolute Gasteiger partial charge is 0.313 e. The molecule has 0 aliphatic rings. The van der Waals surface area contributed by atoms with E-state index in [0.29, 0.717) is 22.7 Å². The second-order valence-corrected chi connectivity index (χ2v) is 5.88. The lowest BCUT2D eigenvalue weighted by Gasteiger charge is -2.05. The second-order valence-electron chi connectivity index (χ2n) is 4.93. The number of anilines is 1. The third-order valence-electron chi connectivity index (χ3n) is 3.03. The molecule has 0 aliphatic carbocycles. The molecular formula is C15H14N4O3S. The first-order valence-corrected chi connectivity index (χ1v) is 7.76. The van der Waals surface area contributed by atoms with Crippen LogP contribution in [0.4, 0.5) is 5.69 Å². The van der Waals surface area contributed by atoms with Crippen molar-refractivity contribution in [1.82, 2.24) is 15.3 Å². The van der Waals surface area contributed by atoms with Crippen LogP contribution in [0.25, 0.3) is 11.1 Å². The molecule has 2 N–H and O–H groups in total. The number of benzene rings is 1. The number of nitrogens with zero attached hydrogens (tertiary/aromatic N) is 2. The Morgan fingerprint density at radius 3 is 2.78 bits per heavy atom. The van der Waals surface area contributed by atoms with Gasteiger partial charge in [-0.05, 0) is 19.1 Å². The molecule has 0 spiro atoms. The molecule has 0 bridgehead atoms. The van der Waals surface area contributed by atoms with E-state index in [1.807, 2.05) is 12.3 Å². The van der Waals surface area contributed by atoms with Crippen LogP contribution >= 0.6 is 11.3 Å². The zero-order valence-electron chi connectivity index (χ0n) is 12.5. The highest BCUT2D eigenvalue weighted by molar-refractivity contribution is 7.09. The number of rotatable bonds is 3. The summed E-state index contributed by atoms with van der Waals surface area (Å²) in [6, 6.07) is 5.02. The van der Waals surface area contributed by atoms with Crippen molar-refractivity contribution in [2.45, 2.75) is 20.4 Å². The van der Waals surface area contributed by atoms with Gasteiger partial charge in [-0.2, -0.15) is 0 Å². The van der Waals surface area contributed by atoms with Crippen LogP contribution in [0.15, 0.2) is 28.0 Å². The van der Waals surface area contributed by atoms with Crippen molar-refractivity contribution in [3.63, 3.8) is 0 Å². The maximum Gasteiger partial charge on any atom is 0.313 e. The Kier molecular flexibility index (Phi) is 4.07. The minimum atomic E-state index is -0.742. The van der Waals surface area contributed by atoms with Crippen molar-refractivity contribution in [2.75, 3.05) is 5.32 Å². The van der Waals surface area contributed by atoms with E-state index in [0.717, 1.165) is 10.7 Å². The molecule has 3 rings (SSSR count). The molecule has 7 nitrogen and oxygen atoms in total. The average molecular weight is 330 g/mol. The molecule has 0 atom stereocenters. The Morgan fingerprint density at radius 1 is 1.22 bits per heavy atom. The van der Waals surface area contributed by atoms with E-state index in [9.17, 15) is 9.59 Å². The Balaban J connectivity index is 1.61. The molecule has 1 aromatic carbocycles. The summed E-state index contributed by atoms with van der Waals surface area (Å²) in [6.07, 6.45) is 0. The first-order chi connectivity index (χ1) is 11.0. The number of aromatic nitrogens is 2. The van der Waals surface area contributed by atoms with Gasteiger partial charge in [0.2, 0.25) is 0 Å². The molecule has 8 heteroatoms. The van der Waals surface area contributed by atoms with Crippen LogP contribution in [0.1, 0.15) is 16.6 Å². The summed E-state index contributed by atoms with van der Waals surface area (Å²) in [5.74, 6) is -0.916. The molecule has 0 unspecified atom stereocenters. The topological polar surface area (TPSA) is 97.1 Å². The fourth-order valence-electron chi connectivity index (χ4n) is 2.03. The largest absolute Gasteiger partial charge is 0.441 e.